The number of esters is 1. The minimum absolute atomic E-state index is 0.00810. The fourth-order valence-corrected chi connectivity index (χ4v) is 3.88. The lowest BCUT2D eigenvalue weighted by atomic mass is 9.94. The summed E-state index contributed by atoms with van der Waals surface area (Å²) in [6.45, 7) is 1.82. The maximum absolute atomic E-state index is 14.6. The molecule has 2 N–H and O–H groups in total. The van der Waals surface area contributed by atoms with Gasteiger partial charge in [-0.05, 0) is 70.3 Å². The number of carbonyl (C=O) groups excluding carboxylic acids is 2. The van der Waals surface area contributed by atoms with Crippen LogP contribution in [-0.2, 0) is 16.1 Å². The number of fused-ring (bicyclic) bond motifs is 1. The highest BCUT2D eigenvalue weighted by molar-refractivity contribution is 6.14. The number of carbonyl (C=O) groups is 2. The van der Waals surface area contributed by atoms with E-state index in [1.54, 1.807) is 13.0 Å². The largest absolute Gasteiger partial charge is 0.463 e. The van der Waals surface area contributed by atoms with E-state index in [4.69, 9.17) is 4.74 Å². The summed E-state index contributed by atoms with van der Waals surface area (Å²) in [4.78, 5) is 24.9. The van der Waals surface area contributed by atoms with Crippen molar-refractivity contribution in [2.45, 2.75) is 13.5 Å². The molecule has 1 amide bonds. The van der Waals surface area contributed by atoms with Gasteiger partial charge in [-0.1, -0.05) is 54.6 Å². The van der Waals surface area contributed by atoms with Gasteiger partial charge in [-0.25, -0.2) is 9.18 Å². The second-order valence-electron chi connectivity index (χ2n) is 7.84. The molecule has 4 rings (SSSR count). The van der Waals surface area contributed by atoms with Crippen LogP contribution in [0.3, 0.4) is 0 Å². The van der Waals surface area contributed by atoms with Crippen LogP contribution in [0.25, 0.3) is 28.0 Å². The Bertz CT molecular complexity index is 1430. The first-order chi connectivity index (χ1) is 17.0. The average molecular weight is 470 g/mol. The highest BCUT2D eigenvalue weighted by atomic mass is 19.1. The second kappa shape index (κ2) is 10.8. The Labute approximate surface area is 202 Å². The predicted octanol–water partition coefficient (Wildman–Crippen LogP) is 5.97. The summed E-state index contributed by atoms with van der Waals surface area (Å²) in [6, 6.07) is 22.8. The van der Waals surface area contributed by atoms with Crippen molar-refractivity contribution in [3.05, 3.63) is 107 Å². The minimum Gasteiger partial charge on any atom is -0.463 e. The van der Waals surface area contributed by atoms with Crippen molar-refractivity contribution in [3.63, 3.8) is 0 Å². The zero-order valence-electron chi connectivity index (χ0n) is 19.1. The number of ether oxygens (including phenoxy) is 1. The number of benzene rings is 4. The monoisotopic (exact) mass is 469 g/mol. The molecule has 0 fully saturated rings. The molecule has 0 saturated carbocycles. The van der Waals surface area contributed by atoms with Crippen LogP contribution >= 0.6 is 0 Å². The molecule has 35 heavy (non-hydrogen) atoms. The zero-order valence-corrected chi connectivity index (χ0v) is 19.1. The lowest BCUT2D eigenvalue weighted by Gasteiger charge is -2.14. The minimum atomic E-state index is -0.599. The van der Waals surface area contributed by atoms with E-state index in [-0.39, 0.29) is 18.9 Å². The number of rotatable bonds is 7. The molecule has 0 saturated heterocycles. The topological polar surface area (TPSA) is 75.6 Å². The normalized spacial score (nSPS) is 11.1. The highest BCUT2D eigenvalue weighted by Gasteiger charge is 2.16. The molecule has 6 heteroatoms. The molecule has 0 heterocycles. The lowest BCUT2D eigenvalue weighted by molar-refractivity contribution is -0.137. The zero-order chi connectivity index (χ0) is 24.8. The Balaban J connectivity index is 1.72. The van der Waals surface area contributed by atoms with Gasteiger partial charge in [0.15, 0.2) is 0 Å². The molecule has 0 spiro atoms. The highest BCUT2D eigenvalue weighted by Crippen LogP contribution is 2.31. The Morgan fingerprint density at radius 1 is 1.00 bits per heavy atom. The van der Waals surface area contributed by atoms with E-state index in [1.807, 2.05) is 54.6 Å². The van der Waals surface area contributed by atoms with Crippen molar-refractivity contribution in [3.8, 4) is 11.1 Å². The van der Waals surface area contributed by atoms with Gasteiger partial charge in [0.2, 0.25) is 0 Å². The van der Waals surface area contributed by atoms with Crippen molar-refractivity contribution in [1.82, 2.24) is 0 Å². The lowest BCUT2D eigenvalue weighted by Crippen LogP contribution is -2.14. The number of amides is 1. The molecule has 0 radical (unpaired) electrons. The summed E-state index contributed by atoms with van der Waals surface area (Å²) in [7, 11) is 0. The number of hydrogen-bond acceptors (Lipinski definition) is 4. The van der Waals surface area contributed by atoms with Crippen LogP contribution in [0.4, 0.5) is 10.1 Å². The van der Waals surface area contributed by atoms with Crippen LogP contribution in [0.5, 0.6) is 0 Å². The van der Waals surface area contributed by atoms with Gasteiger partial charge in [0.05, 0.1) is 18.9 Å². The Morgan fingerprint density at radius 2 is 1.77 bits per heavy atom. The summed E-state index contributed by atoms with van der Waals surface area (Å²) >= 11 is 0. The first-order valence-electron chi connectivity index (χ1n) is 11.2. The predicted molar refractivity (Wildman–Crippen MR) is 135 cm³/mol. The number of halogens is 1. The standard InChI is InChI=1S/C29H24FNO4/c1-2-35-28(33)14-12-19-11-13-26(30)27(15-19)31-29(34)25-17-22(16-20-7-3-6-10-24(20)25)23-9-5-4-8-21(23)18-32/h3-17,32H,2,18H2,1H3,(H,31,34)/b14-12+. The smallest absolute Gasteiger partial charge is 0.330 e. The maximum Gasteiger partial charge on any atom is 0.330 e. The fourth-order valence-electron chi connectivity index (χ4n) is 3.88. The summed E-state index contributed by atoms with van der Waals surface area (Å²) < 4.78 is 19.4. The van der Waals surface area contributed by atoms with Crippen LogP contribution in [0.1, 0.15) is 28.4 Å². The summed E-state index contributed by atoms with van der Waals surface area (Å²) in [5.74, 6) is -1.58. The molecule has 0 atom stereocenters. The van der Waals surface area contributed by atoms with E-state index in [1.165, 1.54) is 30.4 Å². The van der Waals surface area contributed by atoms with E-state index >= 15 is 0 Å². The summed E-state index contributed by atoms with van der Waals surface area (Å²) in [6.07, 6.45) is 2.74. The third kappa shape index (κ3) is 5.45. The average Bonchev–Trinajstić information content (AvgIpc) is 2.88. The molecule has 0 bridgehead atoms. The van der Waals surface area contributed by atoms with Crippen molar-refractivity contribution in [2.75, 3.05) is 11.9 Å². The van der Waals surface area contributed by atoms with Gasteiger partial charge in [-0.2, -0.15) is 0 Å². The molecule has 4 aromatic carbocycles. The molecule has 0 aliphatic rings. The molecule has 5 nitrogen and oxygen atoms in total. The Morgan fingerprint density at radius 3 is 2.57 bits per heavy atom. The molecule has 4 aromatic rings. The van der Waals surface area contributed by atoms with Gasteiger partial charge in [-0.15, -0.1) is 0 Å². The van der Waals surface area contributed by atoms with Gasteiger partial charge in [-0.3, -0.25) is 4.79 Å². The number of hydrogen-bond donors (Lipinski definition) is 2. The summed E-state index contributed by atoms with van der Waals surface area (Å²) in [5, 5.41) is 14.0. The van der Waals surface area contributed by atoms with Crippen LogP contribution in [0, 0.1) is 5.82 Å². The first kappa shape index (κ1) is 23.9. The Hall–Kier alpha value is -4.29. The van der Waals surface area contributed by atoms with Gasteiger partial charge in [0, 0.05) is 11.6 Å². The van der Waals surface area contributed by atoms with Crippen LogP contribution in [0.2, 0.25) is 0 Å². The number of aliphatic hydroxyl groups excluding tert-OH is 1. The van der Waals surface area contributed by atoms with E-state index in [0.29, 0.717) is 16.5 Å². The molecule has 0 unspecified atom stereocenters. The van der Waals surface area contributed by atoms with Crippen molar-refractivity contribution in [1.29, 1.82) is 0 Å². The first-order valence-corrected chi connectivity index (χ1v) is 11.2. The molecule has 176 valence electrons. The van der Waals surface area contributed by atoms with Gasteiger partial charge in [0.1, 0.15) is 5.82 Å². The number of anilines is 1. The molecular formula is C29H24FNO4. The molecule has 0 aliphatic heterocycles. The van der Waals surface area contributed by atoms with E-state index in [2.05, 4.69) is 5.32 Å². The van der Waals surface area contributed by atoms with Crippen molar-refractivity contribution < 1.29 is 23.8 Å². The SMILES string of the molecule is CCOC(=O)/C=C/c1ccc(F)c(NC(=O)c2cc(-c3ccccc3CO)cc3ccccc23)c1. The summed E-state index contributed by atoms with van der Waals surface area (Å²) in [5.41, 5.74) is 3.22. The molecule has 0 aliphatic carbocycles. The fraction of sp³-hybridized carbons (Fsp3) is 0.103. The molecule has 0 aromatic heterocycles. The Kier molecular flexibility index (Phi) is 7.33. The van der Waals surface area contributed by atoms with Crippen LogP contribution in [0.15, 0.2) is 84.9 Å². The van der Waals surface area contributed by atoms with E-state index < -0.39 is 17.7 Å². The number of aliphatic hydroxyl groups is 1. The van der Waals surface area contributed by atoms with E-state index in [0.717, 1.165) is 22.1 Å². The van der Waals surface area contributed by atoms with Gasteiger partial charge < -0.3 is 15.2 Å². The third-order valence-corrected chi connectivity index (χ3v) is 5.54. The quantitative estimate of drug-likeness (QED) is 0.258. The second-order valence-corrected chi connectivity index (χ2v) is 7.84. The number of nitrogens with one attached hydrogen (secondary N) is 1. The molecular weight excluding hydrogens is 445 g/mol. The van der Waals surface area contributed by atoms with Gasteiger partial charge in [0.25, 0.3) is 5.91 Å². The van der Waals surface area contributed by atoms with Crippen molar-refractivity contribution in [2.24, 2.45) is 0 Å². The third-order valence-electron chi connectivity index (χ3n) is 5.54. The van der Waals surface area contributed by atoms with E-state index in [9.17, 15) is 19.1 Å². The van der Waals surface area contributed by atoms with Crippen LogP contribution in [-0.4, -0.2) is 23.6 Å². The van der Waals surface area contributed by atoms with Crippen LogP contribution < -0.4 is 5.32 Å². The maximum atomic E-state index is 14.6. The van der Waals surface area contributed by atoms with Gasteiger partial charge >= 0.3 is 5.97 Å². The van der Waals surface area contributed by atoms with Crippen molar-refractivity contribution >= 4 is 34.4 Å².